The summed E-state index contributed by atoms with van der Waals surface area (Å²) in [5.74, 6) is 0.0111. The van der Waals surface area contributed by atoms with Gasteiger partial charge in [0, 0.05) is 43.2 Å². The van der Waals surface area contributed by atoms with Gasteiger partial charge in [-0.1, -0.05) is 24.3 Å². The Morgan fingerprint density at radius 1 is 1.03 bits per heavy atom. The van der Waals surface area contributed by atoms with Crippen LogP contribution in [0.15, 0.2) is 60.9 Å². The van der Waals surface area contributed by atoms with E-state index in [1.165, 1.54) is 0 Å². The first-order valence-corrected chi connectivity index (χ1v) is 10.6. The highest BCUT2D eigenvalue weighted by Crippen LogP contribution is 2.35. The van der Waals surface area contributed by atoms with E-state index in [2.05, 4.69) is 20.9 Å². The van der Waals surface area contributed by atoms with E-state index in [0.717, 1.165) is 49.1 Å². The molecule has 1 unspecified atom stereocenters. The Kier molecular flexibility index (Phi) is 5.09. The second-order valence-corrected chi connectivity index (χ2v) is 8.40. The topological polar surface area (TPSA) is 58.6 Å². The molecule has 1 amide bonds. The molecule has 0 radical (unpaired) electrons. The van der Waals surface area contributed by atoms with Gasteiger partial charge >= 0.3 is 0 Å². The predicted molar refractivity (Wildman–Crippen MR) is 117 cm³/mol. The largest absolute Gasteiger partial charge is 0.379 e. The van der Waals surface area contributed by atoms with Gasteiger partial charge < -0.3 is 14.5 Å². The minimum Gasteiger partial charge on any atom is -0.379 e. The van der Waals surface area contributed by atoms with Crippen molar-refractivity contribution in [1.29, 1.82) is 0 Å². The lowest BCUT2D eigenvalue weighted by atomic mass is 9.80. The number of benzene rings is 1. The Labute approximate surface area is 176 Å². The second kappa shape index (κ2) is 8.03. The van der Waals surface area contributed by atoms with Crippen molar-refractivity contribution in [3.8, 4) is 0 Å². The summed E-state index contributed by atoms with van der Waals surface area (Å²) in [7, 11) is 0. The number of likely N-dealkylation sites (tertiary alicyclic amines) is 1. The van der Waals surface area contributed by atoms with Crippen molar-refractivity contribution >= 4 is 22.5 Å². The van der Waals surface area contributed by atoms with Crippen LogP contribution >= 0.6 is 0 Å². The Bertz CT molecular complexity index is 1040. The molecule has 4 heterocycles. The number of pyridine rings is 2. The third-order valence-electron chi connectivity index (χ3n) is 6.22. The summed E-state index contributed by atoms with van der Waals surface area (Å²) >= 11 is 0. The number of carbonyl (C=O) groups excluding carboxylic acids is 1. The van der Waals surface area contributed by atoms with Crippen molar-refractivity contribution < 1.29 is 9.53 Å². The van der Waals surface area contributed by atoms with Crippen LogP contribution in [0.2, 0.25) is 0 Å². The van der Waals surface area contributed by atoms with Crippen LogP contribution in [0.1, 0.15) is 23.3 Å². The number of amides is 1. The average molecular weight is 402 g/mol. The number of para-hydroxylation sites is 1. The average Bonchev–Trinajstić information content (AvgIpc) is 3.01. The lowest BCUT2D eigenvalue weighted by Crippen LogP contribution is -2.52. The second-order valence-electron chi connectivity index (χ2n) is 8.40. The zero-order valence-electron chi connectivity index (χ0n) is 17.0. The molecule has 0 N–H and O–H groups in total. The Morgan fingerprint density at radius 3 is 2.87 bits per heavy atom. The van der Waals surface area contributed by atoms with Crippen molar-refractivity contribution in [1.82, 2.24) is 14.9 Å². The molecule has 154 valence electrons. The molecule has 0 aliphatic carbocycles. The number of hydrogen-bond donors (Lipinski definition) is 0. The summed E-state index contributed by atoms with van der Waals surface area (Å²) in [6, 6.07) is 15.8. The predicted octanol–water partition coefficient (Wildman–Crippen LogP) is 3.39. The molecule has 2 aliphatic rings. The molecule has 5 rings (SSSR count). The fourth-order valence-electron chi connectivity index (χ4n) is 4.73. The van der Waals surface area contributed by atoms with E-state index in [4.69, 9.17) is 4.74 Å². The highest BCUT2D eigenvalue weighted by atomic mass is 16.5. The SMILES string of the molecule is O=C(c1ccc2ccccc2n1)N1CCCC2(COCCN(c3cccnc3)C2)C1. The number of anilines is 1. The number of fused-ring (bicyclic) bond motifs is 1. The summed E-state index contributed by atoms with van der Waals surface area (Å²) in [5.41, 5.74) is 2.42. The molecule has 1 spiro atoms. The zero-order valence-corrected chi connectivity index (χ0v) is 17.0. The molecule has 3 aromatic rings. The van der Waals surface area contributed by atoms with Gasteiger partial charge in [0.2, 0.25) is 0 Å². The maximum atomic E-state index is 13.3. The van der Waals surface area contributed by atoms with Gasteiger partial charge in [-0.05, 0) is 37.1 Å². The van der Waals surface area contributed by atoms with Crippen molar-refractivity contribution in [3.05, 3.63) is 66.6 Å². The fraction of sp³-hybridized carbons (Fsp3) is 0.375. The highest BCUT2D eigenvalue weighted by molar-refractivity contribution is 5.95. The van der Waals surface area contributed by atoms with E-state index < -0.39 is 0 Å². The molecule has 0 saturated carbocycles. The summed E-state index contributed by atoms with van der Waals surface area (Å²) in [5, 5.41) is 1.05. The van der Waals surface area contributed by atoms with Gasteiger partial charge in [0.15, 0.2) is 0 Å². The van der Waals surface area contributed by atoms with E-state index in [0.29, 0.717) is 25.5 Å². The van der Waals surface area contributed by atoms with Crippen LogP contribution in [-0.4, -0.2) is 60.2 Å². The van der Waals surface area contributed by atoms with Crippen LogP contribution < -0.4 is 4.90 Å². The Morgan fingerprint density at radius 2 is 1.97 bits per heavy atom. The molecule has 1 atom stereocenters. The molecular weight excluding hydrogens is 376 g/mol. The van der Waals surface area contributed by atoms with Crippen LogP contribution in [0, 0.1) is 5.41 Å². The molecule has 2 fully saturated rings. The van der Waals surface area contributed by atoms with Gasteiger partial charge in [0.25, 0.3) is 5.91 Å². The summed E-state index contributed by atoms with van der Waals surface area (Å²) in [6.45, 7) is 4.54. The normalized spacial score (nSPS) is 22.3. The van der Waals surface area contributed by atoms with Crippen LogP contribution in [0.3, 0.4) is 0 Å². The highest BCUT2D eigenvalue weighted by Gasteiger charge is 2.40. The molecular formula is C24H26N4O2. The summed E-state index contributed by atoms with van der Waals surface area (Å²) < 4.78 is 6.02. The Balaban J connectivity index is 1.38. The number of piperidine rings is 1. The summed E-state index contributed by atoms with van der Waals surface area (Å²) in [4.78, 5) is 26.5. The lowest BCUT2D eigenvalue weighted by Gasteiger charge is -2.43. The first-order chi connectivity index (χ1) is 14.7. The van der Waals surface area contributed by atoms with E-state index in [9.17, 15) is 4.79 Å². The van der Waals surface area contributed by atoms with Crippen molar-refractivity contribution in [3.63, 3.8) is 0 Å². The van der Waals surface area contributed by atoms with E-state index in [1.807, 2.05) is 53.6 Å². The molecule has 30 heavy (non-hydrogen) atoms. The van der Waals surface area contributed by atoms with Gasteiger partial charge in [-0.25, -0.2) is 4.98 Å². The lowest BCUT2D eigenvalue weighted by molar-refractivity contribution is 0.0133. The molecule has 2 saturated heterocycles. The van der Waals surface area contributed by atoms with Crippen LogP contribution in [0.5, 0.6) is 0 Å². The minimum absolute atomic E-state index is 0.0111. The van der Waals surface area contributed by atoms with Crippen molar-refractivity contribution in [2.24, 2.45) is 5.41 Å². The quantitative estimate of drug-likeness (QED) is 0.658. The smallest absolute Gasteiger partial charge is 0.272 e. The van der Waals surface area contributed by atoms with E-state index >= 15 is 0 Å². The van der Waals surface area contributed by atoms with Gasteiger partial charge in [0.05, 0.1) is 30.6 Å². The van der Waals surface area contributed by atoms with Gasteiger partial charge in [-0.15, -0.1) is 0 Å². The van der Waals surface area contributed by atoms with Crippen molar-refractivity contribution in [2.75, 3.05) is 44.3 Å². The zero-order chi connectivity index (χ0) is 20.4. The summed E-state index contributed by atoms with van der Waals surface area (Å²) in [6.07, 6.45) is 5.73. The van der Waals surface area contributed by atoms with Crippen LogP contribution in [0.25, 0.3) is 10.9 Å². The molecule has 2 aromatic heterocycles. The number of carbonyl (C=O) groups is 1. The first-order valence-electron chi connectivity index (χ1n) is 10.6. The third-order valence-corrected chi connectivity index (χ3v) is 6.22. The Hall–Kier alpha value is -2.99. The maximum Gasteiger partial charge on any atom is 0.272 e. The number of rotatable bonds is 2. The van der Waals surface area contributed by atoms with Crippen LogP contribution in [-0.2, 0) is 4.74 Å². The monoisotopic (exact) mass is 402 g/mol. The fourth-order valence-corrected chi connectivity index (χ4v) is 4.73. The van der Waals surface area contributed by atoms with Gasteiger partial charge in [-0.3, -0.25) is 9.78 Å². The van der Waals surface area contributed by atoms with Crippen molar-refractivity contribution in [2.45, 2.75) is 12.8 Å². The number of hydrogen-bond acceptors (Lipinski definition) is 5. The number of ether oxygens (including phenoxy) is 1. The number of aromatic nitrogens is 2. The third kappa shape index (κ3) is 3.75. The van der Waals surface area contributed by atoms with E-state index in [-0.39, 0.29) is 11.3 Å². The van der Waals surface area contributed by atoms with Crippen LogP contribution in [0.4, 0.5) is 5.69 Å². The van der Waals surface area contributed by atoms with Gasteiger partial charge in [0.1, 0.15) is 5.69 Å². The molecule has 2 aliphatic heterocycles. The maximum absolute atomic E-state index is 13.3. The number of nitrogens with zero attached hydrogens (tertiary/aromatic N) is 4. The van der Waals surface area contributed by atoms with E-state index in [1.54, 1.807) is 6.20 Å². The first kappa shape index (κ1) is 19.0. The standard InChI is InChI=1S/C24H26N4O2/c29-23(22-9-8-19-5-1-2-7-21(19)26-22)28-12-4-10-24(17-28)16-27(13-14-30-18-24)20-6-3-11-25-15-20/h1-3,5-9,11,15H,4,10,12-14,16-18H2. The molecule has 6 nitrogen and oxygen atoms in total. The molecule has 1 aromatic carbocycles. The molecule has 0 bridgehead atoms. The minimum atomic E-state index is -0.0723. The van der Waals surface area contributed by atoms with Gasteiger partial charge in [-0.2, -0.15) is 0 Å². The molecule has 6 heteroatoms.